The van der Waals surface area contributed by atoms with Crippen LogP contribution in [0.15, 0.2) is 41.6 Å². The van der Waals surface area contributed by atoms with Gasteiger partial charge in [0.05, 0.1) is 12.2 Å². The standard InChI is InChI=1S/C21H27N3O3/c1-3-26-17-9-11-18(12-10-17)27-21-19(13-8-16(2)22-21)20(23-25)24-14-6-4-5-7-15-24/h8-13,25H,3-7,14-15H2,1-2H3/b23-20-. The van der Waals surface area contributed by atoms with Gasteiger partial charge in [0.25, 0.3) is 0 Å². The third kappa shape index (κ3) is 4.90. The average molecular weight is 369 g/mol. The second kappa shape index (κ2) is 9.26. The SMILES string of the molecule is CCOc1ccc(Oc2nc(C)ccc2/C(=N/O)N2CCCCCC2)cc1. The summed E-state index contributed by atoms with van der Waals surface area (Å²) in [7, 11) is 0. The summed E-state index contributed by atoms with van der Waals surface area (Å²) in [6, 6.07) is 11.2. The van der Waals surface area contributed by atoms with E-state index < -0.39 is 0 Å². The predicted octanol–water partition coefficient (Wildman–Crippen LogP) is 4.59. The highest BCUT2D eigenvalue weighted by Crippen LogP contribution is 2.27. The van der Waals surface area contributed by atoms with Gasteiger partial charge < -0.3 is 19.6 Å². The van der Waals surface area contributed by atoms with Gasteiger partial charge in [0.2, 0.25) is 5.88 Å². The molecule has 27 heavy (non-hydrogen) atoms. The molecule has 3 rings (SSSR count). The van der Waals surface area contributed by atoms with E-state index in [1.807, 2.05) is 50.2 Å². The first-order valence-electron chi connectivity index (χ1n) is 9.57. The first kappa shape index (κ1) is 19.0. The maximum Gasteiger partial charge on any atom is 0.230 e. The van der Waals surface area contributed by atoms with Gasteiger partial charge in [-0.25, -0.2) is 4.98 Å². The van der Waals surface area contributed by atoms with Gasteiger partial charge in [0.1, 0.15) is 11.5 Å². The molecule has 1 fully saturated rings. The first-order valence-corrected chi connectivity index (χ1v) is 9.57. The summed E-state index contributed by atoms with van der Waals surface area (Å²) in [6.45, 7) is 6.23. The molecule has 0 unspecified atom stereocenters. The summed E-state index contributed by atoms with van der Waals surface area (Å²) in [5.41, 5.74) is 1.53. The number of pyridine rings is 1. The Balaban J connectivity index is 1.87. The maximum atomic E-state index is 9.73. The molecule has 0 spiro atoms. The number of hydrogen-bond donors (Lipinski definition) is 1. The van der Waals surface area contributed by atoms with E-state index in [9.17, 15) is 5.21 Å². The second-order valence-electron chi connectivity index (χ2n) is 6.64. The van der Waals surface area contributed by atoms with Crippen molar-refractivity contribution in [1.82, 2.24) is 9.88 Å². The molecule has 1 aromatic carbocycles. The zero-order valence-electron chi connectivity index (χ0n) is 16.0. The van der Waals surface area contributed by atoms with Crippen molar-refractivity contribution < 1.29 is 14.7 Å². The van der Waals surface area contributed by atoms with E-state index in [1.54, 1.807) is 0 Å². The van der Waals surface area contributed by atoms with E-state index in [0.717, 1.165) is 37.4 Å². The highest BCUT2D eigenvalue weighted by molar-refractivity contribution is 6.00. The minimum absolute atomic E-state index is 0.441. The molecule has 144 valence electrons. The molecule has 2 heterocycles. The smallest absolute Gasteiger partial charge is 0.230 e. The number of likely N-dealkylation sites (tertiary alicyclic amines) is 1. The van der Waals surface area contributed by atoms with Crippen LogP contribution in [0.4, 0.5) is 0 Å². The van der Waals surface area contributed by atoms with Crippen molar-refractivity contribution >= 4 is 5.84 Å². The molecule has 0 radical (unpaired) electrons. The fourth-order valence-corrected chi connectivity index (χ4v) is 3.23. The lowest BCUT2D eigenvalue weighted by Crippen LogP contribution is -2.33. The van der Waals surface area contributed by atoms with Crippen molar-refractivity contribution in [2.45, 2.75) is 39.5 Å². The number of aryl methyl sites for hydroxylation is 1. The molecule has 0 bridgehead atoms. The van der Waals surface area contributed by atoms with E-state index in [0.29, 0.717) is 29.6 Å². The number of oxime groups is 1. The molecule has 1 aromatic heterocycles. The Labute approximate surface area is 160 Å². The van der Waals surface area contributed by atoms with E-state index in [1.165, 1.54) is 12.8 Å². The Morgan fingerprint density at radius 2 is 1.70 bits per heavy atom. The second-order valence-corrected chi connectivity index (χ2v) is 6.64. The third-order valence-electron chi connectivity index (χ3n) is 4.59. The number of hydrogen-bond acceptors (Lipinski definition) is 5. The Kier molecular flexibility index (Phi) is 6.52. The average Bonchev–Trinajstić information content (AvgIpc) is 2.95. The van der Waals surface area contributed by atoms with Crippen molar-refractivity contribution in [2.75, 3.05) is 19.7 Å². The van der Waals surface area contributed by atoms with Gasteiger partial charge in [-0.2, -0.15) is 0 Å². The number of nitrogens with zero attached hydrogens (tertiary/aromatic N) is 3. The number of amidine groups is 1. The van der Waals surface area contributed by atoms with Crippen LogP contribution in [-0.4, -0.2) is 40.6 Å². The summed E-state index contributed by atoms with van der Waals surface area (Å²) in [5, 5.41) is 13.3. The summed E-state index contributed by atoms with van der Waals surface area (Å²) in [4.78, 5) is 6.66. The zero-order valence-corrected chi connectivity index (χ0v) is 16.0. The van der Waals surface area contributed by atoms with Crippen LogP contribution < -0.4 is 9.47 Å². The summed E-state index contributed by atoms with van der Waals surface area (Å²) in [6.07, 6.45) is 4.59. The fourth-order valence-electron chi connectivity index (χ4n) is 3.23. The van der Waals surface area contributed by atoms with Gasteiger partial charge in [-0.1, -0.05) is 18.0 Å². The van der Waals surface area contributed by atoms with Crippen molar-refractivity contribution in [3.63, 3.8) is 0 Å². The Hall–Kier alpha value is -2.76. The van der Waals surface area contributed by atoms with Crippen LogP contribution >= 0.6 is 0 Å². The molecule has 1 saturated heterocycles. The van der Waals surface area contributed by atoms with Crippen molar-refractivity contribution in [1.29, 1.82) is 0 Å². The molecule has 1 aliphatic heterocycles. The lowest BCUT2D eigenvalue weighted by atomic mass is 10.2. The Morgan fingerprint density at radius 1 is 1.04 bits per heavy atom. The molecule has 6 nitrogen and oxygen atoms in total. The molecular weight excluding hydrogens is 342 g/mol. The van der Waals surface area contributed by atoms with Gasteiger partial charge in [0, 0.05) is 18.8 Å². The van der Waals surface area contributed by atoms with Crippen molar-refractivity contribution in [2.24, 2.45) is 5.16 Å². The zero-order chi connectivity index (χ0) is 19.1. The first-order chi connectivity index (χ1) is 13.2. The van der Waals surface area contributed by atoms with E-state index in [4.69, 9.17) is 9.47 Å². The highest BCUT2D eigenvalue weighted by Gasteiger charge is 2.21. The van der Waals surface area contributed by atoms with E-state index in [2.05, 4.69) is 15.0 Å². The summed E-state index contributed by atoms with van der Waals surface area (Å²) in [5.74, 6) is 2.41. The van der Waals surface area contributed by atoms with Crippen LogP contribution in [0.3, 0.4) is 0 Å². The molecule has 1 N–H and O–H groups in total. The number of benzene rings is 1. The van der Waals surface area contributed by atoms with Gasteiger partial charge in [-0.3, -0.25) is 0 Å². The molecule has 2 aromatic rings. The number of ether oxygens (including phenoxy) is 2. The summed E-state index contributed by atoms with van der Waals surface area (Å²) >= 11 is 0. The van der Waals surface area contributed by atoms with Gasteiger partial charge in [-0.05, 0) is 63.1 Å². The fraction of sp³-hybridized carbons (Fsp3) is 0.429. The molecule has 6 heteroatoms. The third-order valence-corrected chi connectivity index (χ3v) is 4.59. The lowest BCUT2D eigenvalue weighted by Gasteiger charge is -2.24. The maximum absolute atomic E-state index is 9.73. The highest BCUT2D eigenvalue weighted by atomic mass is 16.5. The quantitative estimate of drug-likeness (QED) is 0.361. The van der Waals surface area contributed by atoms with Gasteiger partial charge in [-0.15, -0.1) is 0 Å². The largest absolute Gasteiger partial charge is 0.494 e. The molecule has 0 amide bonds. The van der Waals surface area contributed by atoms with Crippen LogP contribution in [0.25, 0.3) is 0 Å². The minimum Gasteiger partial charge on any atom is -0.494 e. The van der Waals surface area contributed by atoms with Crippen molar-refractivity contribution in [3.05, 3.63) is 47.7 Å². The van der Waals surface area contributed by atoms with E-state index in [-0.39, 0.29) is 0 Å². The molecule has 1 aliphatic rings. The van der Waals surface area contributed by atoms with Crippen LogP contribution in [0.5, 0.6) is 17.4 Å². The van der Waals surface area contributed by atoms with Crippen LogP contribution in [-0.2, 0) is 0 Å². The Bertz CT molecular complexity index is 767. The molecule has 0 atom stereocenters. The minimum atomic E-state index is 0.441. The van der Waals surface area contributed by atoms with E-state index >= 15 is 0 Å². The van der Waals surface area contributed by atoms with Crippen LogP contribution in [0.2, 0.25) is 0 Å². The van der Waals surface area contributed by atoms with Crippen LogP contribution in [0.1, 0.15) is 43.9 Å². The molecular formula is C21H27N3O3. The number of aromatic nitrogens is 1. The Morgan fingerprint density at radius 3 is 2.33 bits per heavy atom. The van der Waals surface area contributed by atoms with Crippen molar-refractivity contribution in [3.8, 4) is 17.4 Å². The lowest BCUT2D eigenvalue weighted by molar-refractivity contribution is 0.300. The van der Waals surface area contributed by atoms with Crippen LogP contribution in [0, 0.1) is 6.92 Å². The normalized spacial score (nSPS) is 15.3. The van der Waals surface area contributed by atoms with Gasteiger partial charge in [0.15, 0.2) is 5.84 Å². The molecule has 0 saturated carbocycles. The summed E-state index contributed by atoms with van der Waals surface area (Å²) < 4.78 is 11.5. The predicted molar refractivity (Wildman–Crippen MR) is 105 cm³/mol. The monoisotopic (exact) mass is 369 g/mol. The number of rotatable bonds is 5. The molecule has 0 aliphatic carbocycles. The topological polar surface area (TPSA) is 67.2 Å². The van der Waals surface area contributed by atoms with Gasteiger partial charge >= 0.3 is 0 Å².